The van der Waals surface area contributed by atoms with Crippen molar-refractivity contribution in [2.45, 2.75) is 30.5 Å². The molecule has 2 atom stereocenters. The van der Waals surface area contributed by atoms with E-state index in [0.717, 1.165) is 5.56 Å². The summed E-state index contributed by atoms with van der Waals surface area (Å²) in [6.45, 7) is 3.46. The van der Waals surface area contributed by atoms with Crippen LogP contribution in [-0.2, 0) is 9.53 Å². The summed E-state index contributed by atoms with van der Waals surface area (Å²) in [5.74, 6) is 0.477. The minimum Gasteiger partial charge on any atom is -0.494 e. The number of rotatable bonds is 12. The highest BCUT2D eigenvalue weighted by molar-refractivity contribution is 6.01. The summed E-state index contributed by atoms with van der Waals surface area (Å²) < 4.78 is 11.8. The van der Waals surface area contributed by atoms with E-state index in [1.54, 1.807) is 30.3 Å². The molecule has 0 aliphatic carbocycles. The number of benzene rings is 2. The van der Waals surface area contributed by atoms with Crippen LogP contribution in [-0.4, -0.2) is 65.1 Å². The van der Waals surface area contributed by atoms with Gasteiger partial charge in [-0.05, 0) is 29.8 Å². The Balaban J connectivity index is 1.97. The minimum atomic E-state index is -1.36. The van der Waals surface area contributed by atoms with Gasteiger partial charge in [0.25, 0.3) is 5.91 Å². The summed E-state index contributed by atoms with van der Waals surface area (Å²) in [4.78, 5) is 18.2. The Labute approximate surface area is 193 Å². The van der Waals surface area contributed by atoms with Gasteiger partial charge < -0.3 is 30.1 Å². The monoisotopic (exact) mass is 454 g/mol. The number of nitrogens with one attached hydrogen (secondary N) is 1. The normalized spacial score (nSPS) is 19.6. The molecule has 3 rings (SSSR count). The third-order valence-electron chi connectivity index (χ3n) is 5.36. The number of hydrogen-bond acceptors (Lipinski definition) is 7. The molecule has 1 amide bonds. The van der Waals surface area contributed by atoms with Crippen LogP contribution in [0.1, 0.15) is 30.1 Å². The van der Waals surface area contributed by atoms with Crippen LogP contribution < -0.4 is 10.1 Å². The van der Waals surface area contributed by atoms with E-state index in [0.29, 0.717) is 30.2 Å². The Morgan fingerprint density at radius 3 is 2.45 bits per heavy atom. The highest BCUT2D eigenvalue weighted by Crippen LogP contribution is 2.42. The largest absolute Gasteiger partial charge is 0.494 e. The van der Waals surface area contributed by atoms with Gasteiger partial charge in [0.2, 0.25) is 5.90 Å². The van der Waals surface area contributed by atoms with Crippen LogP contribution >= 0.6 is 0 Å². The number of hydrogen-bond donors (Lipinski definition) is 4. The lowest BCUT2D eigenvalue weighted by Gasteiger charge is -2.31. The number of amides is 1. The van der Waals surface area contributed by atoms with Gasteiger partial charge in [-0.15, -0.1) is 6.58 Å². The third kappa shape index (κ3) is 5.60. The summed E-state index contributed by atoms with van der Waals surface area (Å²) in [5.41, 5.74) is 0.0731. The first-order valence-corrected chi connectivity index (χ1v) is 10.9. The molecule has 1 aliphatic rings. The molecule has 176 valence electrons. The first-order chi connectivity index (χ1) is 16.1. The molecule has 2 aromatic carbocycles. The molecular formula is C25H30N2O6. The van der Waals surface area contributed by atoms with Gasteiger partial charge >= 0.3 is 0 Å². The molecule has 2 aromatic rings. The molecule has 8 nitrogen and oxygen atoms in total. The first-order valence-electron chi connectivity index (χ1n) is 10.9. The van der Waals surface area contributed by atoms with Crippen LogP contribution in [0.25, 0.3) is 0 Å². The summed E-state index contributed by atoms with van der Waals surface area (Å²) in [6.07, 6.45) is 1.60. The molecular weight excluding hydrogens is 424 g/mol. The highest BCUT2D eigenvalue weighted by atomic mass is 16.5. The van der Waals surface area contributed by atoms with Gasteiger partial charge in [0, 0.05) is 25.0 Å². The van der Waals surface area contributed by atoms with Crippen LogP contribution in [0.4, 0.5) is 0 Å². The zero-order valence-electron chi connectivity index (χ0n) is 18.4. The molecule has 1 aliphatic heterocycles. The Morgan fingerprint density at radius 2 is 1.85 bits per heavy atom. The lowest BCUT2D eigenvalue weighted by molar-refractivity contribution is -0.130. The number of carbonyl (C=O) groups excluding carboxylic acids is 1. The lowest BCUT2D eigenvalue weighted by Crippen LogP contribution is -2.53. The van der Waals surface area contributed by atoms with E-state index in [1.165, 1.54) is 0 Å². The molecule has 0 saturated carbocycles. The Bertz CT molecular complexity index is 943. The first kappa shape index (κ1) is 24.4. The van der Waals surface area contributed by atoms with E-state index >= 15 is 0 Å². The summed E-state index contributed by atoms with van der Waals surface area (Å²) in [7, 11) is 0. The summed E-state index contributed by atoms with van der Waals surface area (Å²) >= 11 is 0. The predicted octanol–water partition coefficient (Wildman–Crippen LogP) is 1.75. The topological polar surface area (TPSA) is 121 Å². The maximum atomic E-state index is 13.4. The minimum absolute atomic E-state index is 0.0600. The molecule has 0 spiro atoms. The molecule has 8 heteroatoms. The number of aliphatic imine (C=N–C) groups is 1. The number of ether oxygens (including phenoxy) is 2. The smallest absolute Gasteiger partial charge is 0.253 e. The number of aliphatic hydroxyl groups excluding tert-OH is 3. The summed E-state index contributed by atoms with van der Waals surface area (Å²) in [6, 6.07) is 15.6. The van der Waals surface area contributed by atoms with Crippen LogP contribution in [0.3, 0.4) is 0 Å². The maximum Gasteiger partial charge on any atom is 0.253 e. The van der Waals surface area contributed by atoms with E-state index in [-0.39, 0.29) is 13.0 Å². The summed E-state index contributed by atoms with van der Waals surface area (Å²) in [5, 5.41) is 30.5. The number of carbonyl (C=O) groups is 1. The van der Waals surface area contributed by atoms with E-state index in [1.807, 2.05) is 30.3 Å². The van der Waals surface area contributed by atoms with E-state index in [4.69, 9.17) is 19.6 Å². The maximum absolute atomic E-state index is 13.4. The van der Waals surface area contributed by atoms with Crippen molar-refractivity contribution in [1.29, 1.82) is 0 Å². The van der Waals surface area contributed by atoms with E-state index < -0.39 is 36.8 Å². The Kier molecular flexibility index (Phi) is 8.59. The fourth-order valence-electron chi connectivity index (χ4n) is 3.62. The van der Waals surface area contributed by atoms with Crippen molar-refractivity contribution in [2.75, 3.05) is 26.4 Å². The number of aliphatic hydroxyl groups is 3. The fourth-order valence-corrected chi connectivity index (χ4v) is 3.62. The predicted molar refractivity (Wildman–Crippen MR) is 124 cm³/mol. The Morgan fingerprint density at radius 1 is 1.15 bits per heavy atom. The van der Waals surface area contributed by atoms with Gasteiger partial charge in [0.05, 0.1) is 25.9 Å². The molecule has 0 saturated heterocycles. The van der Waals surface area contributed by atoms with Crippen molar-refractivity contribution in [3.8, 4) is 5.75 Å². The zero-order valence-corrected chi connectivity index (χ0v) is 18.4. The second-order valence-corrected chi connectivity index (χ2v) is 7.73. The van der Waals surface area contributed by atoms with Crippen molar-refractivity contribution < 1.29 is 29.6 Å². The van der Waals surface area contributed by atoms with Gasteiger partial charge in [-0.3, -0.25) is 4.79 Å². The average Bonchev–Trinajstić information content (AvgIpc) is 3.24. The highest BCUT2D eigenvalue weighted by Gasteiger charge is 2.52. The van der Waals surface area contributed by atoms with Gasteiger partial charge in [0.1, 0.15) is 5.75 Å². The van der Waals surface area contributed by atoms with Crippen LogP contribution in [0, 0.1) is 0 Å². The van der Waals surface area contributed by atoms with Crippen LogP contribution in [0.2, 0.25) is 0 Å². The van der Waals surface area contributed by atoms with Crippen LogP contribution in [0.5, 0.6) is 5.75 Å². The molecule has 0 unspecified atom stereocenters. The van der Waals surface area contributed by atoms with Crippen LogP contribution in [0.15, 0.2) is 72.2 Å². The number of nitrogens with zero attached hydrogens (tertiary/aromatic N) is 1. The molecule has 33 heavy (non-hydrogen) atoms. The standard InChI is InChI=1S/C25H30N2O6/c1-2-13-25(24(31)26-20(16-29)17-30)22(18-7-4-3-5-8-18)33-23(27-25)19-9-11-21(12-10-19)32-15-6-14-28/h2-5,7-12,20,22,28-30H,1,6,13-17H2,(H,26,31)/t22-,25-/m1/s1. The van der Waals surface area contributed by atoms with Crippen molar-refractivity contribution in [3.63, 3.8) is 0 Å². The second kappa shape index (κ2) is 11.6. The van der Waals surface area contributed by atoms with Gasteiger partial charge in [-0.25, -0.2) is 4.99 Å². The molecule has 0 aromatic heterocycles. The molecule has 4 N–H and O–H groups in total. The molecule has 0 bridgehead atoms. The van der Waals surface area contributed by atoms with Gasteiger partial charge in [-0.1, -0.05) is 36.4 Å². The Hall–Kier alpha value is -3.20. The SMILES string of the molecule is C=CC[C@@]1(C(=O)NC(CO)CO)N=C(c2ccc(OCCCO)cc2)O[C@@H]1c1ccccc1. The molecule has 1 heterocycles. The van der Waals surface area contributed by atoms with Crippen molar-refractivity contribution in [2.24, 2.45) is 4.99 Å². The molecule has 0 radical (unpaired) electrons. The average molecular weight is 455 g/mol. The fraction of sp³-hybridized carbons (Fsp3) is 0.360. The van der Waals surface area contributed by atoms with Crippen molar-refractivity contribution in [1.82, 2.24) is 5.32 Å². The van der Waals surface area contributed by atoms with E-state index in [9.17, 15) is 15.0 Å². The zero-order chi connectivity index (χ0) is 23.7. The van der Waals surface area contributed by atoms with Crippen molar-refractivity contribution >= 4 is 11.8 Å². The van der Waals surface area contributed by atoms with Gasteiger partial charge in [0.15, 0.2) is 11.6 Å². The quantitative estimate of drug-likeness (QED) is 0.286. The third-order valence-corrected chi connectivity index (χ3v) is 5.36. The second-order valence-electron chi connectivity index (χ2n) is 7.73. The van der Waals surface area contributed by atoms with Crippen molar-refractivity contribution in [3.05, 3.63) is 78.4 Å². The van der Waals surface area contributed by atoms with E-state index in [2.05, 4.69) is 11.9 Å². The molecule has 0 fully saturated rings. The van der Waals surface area contributed by atoms with Gasteiger partial charge in [-0.2, -0.15) is 0 Å². The lowest BCUT2D eigenvalue weighted by atomic mass is 9.84.